The molecule has 186 valence electrons. The highest BCUT2D eigenvalue weighted by molar-refractivity contribution is 9.10. The Balaban J connectivity index is 1.94. The molecule has 1 aliphatic rings. The van der Waals surface area contributed by atoms with Crippen molar-refractivity contribution in [3.05, 3.63) is 52.5 Å². The molecule has 0 aliphatic heterocycles. The van der Waals surface area contributed by atoms with E-state index in [9.17, 15) is 9.00 Å². The number of hydrogen-bond donors (Lipinski definition) is 0. The van der Waals surface area contributed by atoms with Crippen LogP contribution in [0.2, 0.25) is 18.1 Å². The minimum atomic E-state index is -2.10. The molecule has 34 heavy (non-hydrogen) atoms. The molecule has 4 nitrogen and oxygen atoms in total. The third-order valence-corrected chi connectivity index (χ3v) is 14.1. The van der Waals surface area contributed by atoms with Crippen LogP contribution < -0.4 is 9.16 Å². The minimum absolute atomic E-state index is 0.0440. The summed E-state index contributed by atoms with van der Waals surface area (Å²) in [6.07, 6.45) is 2.09. The van der Waals surface area contributed by atoms with Crippen LogP contribution in [0.5, 0.6) is 11.5 Å². The Morgan fingerprint density at radius 3 is 2.32 bits per heavy atom. The summed E-state index contributed by atoms with van der Waals surface area (Å²) in [6, 6.07) is 13.3. The van der Waals surface area contributed by atoms with Crippen molar-refractivity contribution in [2.24, 2.45) is 11.8 Å². The van der Waals surface area contributed by atoms with Crippen LogP contribution in [0.25, 0.3) is 0 Å². The summed E-state index contributed by atoms with van der Waals surface area (Å²) in [5, 5.41) is -0.423. The molecular formula is C27H37BrO4SSi. The van der Waals surface area contributed by atoms with Gasteiger partial charge in [0.15, 0.2) is 5.78 Å². The lowest BCUT2D eigenvalue weighted by molar-refractivity contribution is -0.125. The first kappa shape index (κ1) is 27.1. The van der Waals surface area contributed by atoms with Gasteiger partial charge >= 0.3 is 0 Å². The zero-order chi connectivity index (χ0) is 25.3. The molecule has 0 spiro atoms. The van der Waals surface area contributed by atoms with Gasteiger partial charge in [0.1, 0.15) is 11.5 Å². The van der Waals surface area contributed by atoms with Crippen LogP contribution in [0.3, 0.4) is 0 Å². The third-order valence-electron chi connectivity index (χ3n) is 7.43. The number of halogens is 1. The van der Waals surface area contributed by atoms with E-state index in [1.165, 1.54) is 0 Å². The monoisotopic (exact) mass is 564 g/mol. The highest BCUT2D eigenvalue weighted by Crippen LogP contribution is 2.42. The van der Waals surface area contributed by atoms with Crippen molar-refractivity contribution in [3.63, 3.8) is 0 Å². The van der Waals surface area contributed by atoms with E-state index < -0.39 is 24.4 Å². The number of carbonyl (C=O) groups is 1. The molecule has 2 aromatic rings. The van der Waals surface area contributed by atoms with E-state index in [1.54, 1.807) is 7.11 Å². The highest BCUT2D eigenvalue weighted by Gasteiger charge is 2.42. The maximum atomic E-state index is 13.7. The topological polar surface area (TPSA) is 52.6 Å². The number of benzene rings is 2. The predicted octanol–water partition coefficient (Wildman–Crippen LogP) is 7.18. The van der Waals surface area contributed by atoms with Gasteiger partial charge in [-0.15, -0.1) is 0 Å². The van der Waals surface area contributed by atoms with Crippen LogP contribution in [0, 0.1) is 11.8 Å². The standard InChI is InChI=1S/C27H37BrO4SSi/c1-18-13-14-25(33(30)20-11-9-8-10-12-20)26(29)21(18)15-19-16-24(31-5)22(28)17-23(19)32-34(6,7)27(2,3)4/h8-12,16-18,21,25H,13-15H2,1-7H3/t18-,21+,25?,33?/m1/s1. The lowest BCUT2D eigenvalue weighted by Gasteiger charge is -2.38. The van der Waals surface area contributed by atoms with Gasteiger partial charge in [0.2, 0.25) is 8.32 Å². The molecular weight excluding hydrogens is 528 g/mol. The molecule has 0 saturated heterocycles. The summed E-state index contributed by atoms with van der Waals surface area (Å²) in [6.45, 7) is 13.2. The molecule has 0 radical (unpaired) electrons. The lowest BCUT2D eigenvalue weighted by atomic mass is 9.76. The van der Waals surface area contributed by atoms with Crippen molar-refractivity contribution in [1.82, 2.24) is 0 Å². The number of ether oxygens (including phenoxy) is 1. The van der Waals surface area contributed by atoms with E-state index in [0.29, 0.717) is 12.8 Å². The Morgan fingerprint density at radius 2 is 1.74 bits per heavy atom. The van der Waals surface area contributed by atoms with Crippen molar-refractivity contribution in [2.75, 3.05) is 7.11 Å². The molecule has 2 aromatic carbocycles. The minimum Gasteiger partial charge on any atom is -0.543 e. The second kappa shape index (κ2) is 10.7. The Hall–Kier alpha value is -1.44. The van der Waals surface area contributed by atoms with Crippen LogP contribution in [-0.2, 0) is 22.0 Å². The van der Waals surface area contributed by atoms with Crippen molar-refractivity contribution in [2.45, 2.75) is 75.2 Å². The van der Waals surface area contributed by atoms with E-state index in [2.05, 4.69) is 56.7 Å². The molecule has 0 amide bonds. The quantitative estimate of drug-likeness (QED) is 0.334. The molecule has 7 heteroatoms. The second-order valence-corrected chi connectivity index (χ2v) is 18.0. The van der Waals surface area contributed by atoms with Crippen LogP contribution >= 0.6 is 15.9 Å². The van der Waals surface area contributed by atoms with Crippen LogP contribution in [-0.4, -0.2) is 30.7 Å². The molecule has 3 rings (SSSR count). The van der Waals surface area contributed by atoms with Crippen molar-refractivity contribution < 1.29 is 18.2 Å². The van der Waals surface area contributed by atoms with Gasteiger partial charge in [-0.25, -0.2) is 0 Å². The fourth-order valence-electron chi connectivity index (χ4n) is 4.16. The van der Waals surface area contributed by atoms with Crippen LogP contribution in [0.4, 0.5) is 0 Å². The molecule has 0 bridgehead atoms. The van der Waals surface area contributed by atoms with Crippen molar-refractivity contribution in [3.8, 4) is 11.5 Å². The maximum Gasteiger partial charge on any atom is 0.250 e. The molecule has 1 fully saturated rings. The average Bonchev–Trinajstić information content (AvgIpc) is 2.77. The molecule has 4 atom stereocenters. The zero-order valence-electron chi connectivity index (χ0n) is 21.3. The normalized spacial score (nSPS) is 22.4. The van der Waals surface area contributed by atoms with Crippen molar-refractivity contribution >= 4 is 40.8 Å². The Morgan fingerprint density at radius 1 is 1.09 bits per heavy atom. The lowest BCUT2D eigenvalue weighted by Crippen LogP contribution is -2.44. The second-order valence-electron chi connectivity index (χ2n) is 10.8. The van der Waals surface area contributed by atoms with E-state index in [4.69, 9.17) is 9.16 Å². The van der Waals surface area contributed by atoms with E-state index in [1.807, 2.05) is 42.5 Å². The number of Topliss-reactive ketones (excluding diaryl/α,β-unsaturated/α-hetero) is 1. The number of methoxy groups -OCH3 is 1. The van der Waals surface area contributed by atoms with Gasteiger partial charge in [0, 0.05) is 10.8 Å². The smallest absolute Gasteiger partial charge is 0.250 e. The number of rotatable bonds is 7. The van der Waals surface area contributed by atoms with E-state index in [-0.39, 0.29) is 22.7 Å². The van der Waals surface area contributed by atoms with Gasteiger partial charge in [0.25, 0.3) is 0 Å². The third kappa shape index (κ3) is 5.85. The van der Waals surface area contributed by atoms with Gasteiger partial charge < -0.3 is 9.16 Å². The highest BCUT2D eigenvalue weighted by atomic mass is 79.9. The van der Waals surface area contributed by atoms with E-state index in [0.717, 1.165) is 32.9 Å². The first-order valence-corrected chi connectivity index (χ1v) is 16.8. The Bertz CT molecular complexity index is 1050. The predicted molar refractivity (Wildman–Crippen MR) is 146 cm³/mol. The van der Waals surface area contributed by atoms with Crippen molar-refractivity contribution in [1.29, 1.82) is 0 Å². The zero-order valence-corrected chi connectivity index (χ0v) is 24.7. The average molecular weight is 566 g/mol. The molecule has 0 heterocycles. The summed E-state index contributed by atoms with van der Waals surface area (Å²) >= 11 is 3.61. The number of hydrogen-bond acceptors (Lipinski definition) is 4. The summed E-state index contributed by atoms with van der Waals surface area (Å²) in [5.41, 5.74) is 0.973. The molecule has 0 N–H and O–H groups in total. The van der Waals surface area contributed by atoms with Crippen LogP contribution in [0.15, 0.2) is 51.8 Å². The fraction of sp³-hybridized carbons (Fsp3) is 0.519. The molecule has 1 aliphatic carbocycles. The summed E-state index contributed by atoms with van der Waals surface area (Å²) in [4.78, 5) is 14.4. The largest absolute Gasteiger partial charge is 0.543 e. The fourth-order valence-corrected chi connectivity index (χ4v) is 7.18. The number of carbonyl (C=O) groups excluding carboxylic acids is 1. The molecule has 1 saturated carbocycles. The molecule has 0 aromatic heterocycles. The van der Waals surface area contributed by atoms with Crippen LogP contribution in [0.1, 0.15) is 46.1 Å². The van der Waals surface area contributed by atoms with Gasteiger partial charge in [-0.05, 0) is 89.1 Å². The Labute approximate surface area is 216 Å². The first-order chi connectivity index (χ1) is 15.9. The summed E-state index contributed by atoms with van der Waals surface area (Å²) < 4.78 is 26.4. The Kier molecular flexibility index (Phi) is 8.52. The summed E-state index contributed by atoms with van der Waals surface area (Å²) in [7, 11) is -1.80. The van der Waals surface area contributed by atoms with Gasteiger partial charge in [0.05, 0.1) is 27.6 Å². The van der Waals surface area contributed by atoms with Gasteiger partial charge in [-0.2, -0.15) is 0 Å². The van der Waals surface area contributed by atoms with Gasteiger partial charge in [-0.3, -0.25) is 9.00 Å². The van der Waals surface area contributed by atoms with E-state index >= 15 is 0 Å². The SMILES string of the molecule is COc1cc(C[C@@H]2C(=O)C(S(=O)c3ccccc3)CC[C@H]2C)c(O[Si](C)(C)C(C)(C)C)cc1Br. The maximum absolute atomic E-state index is 13.7. The first-order valence-electron chi connectivity index (χ1n) is 11.9. The summed E-state index contributed by atoms with van der Waals surface area (Å²) in [5.74, 6) is 1.63. The van der Waals surface area contributed by atoms with Gasteiger partial charge in [-0.1, -0.05) is 45.9 Å². The molecule has 2 unspecified atom stereocenters. The number of ketones is 1.